The molecule has 162 valence electrons. The molecule has 0 spiro atoms. The van der Waals surface area contributed by atoms with Gasteiger partial charge in [0, 0.05) is 22.0 Å². The number of rotatable bonds is 2. The number of para-hydroxylation sites is 1. The van der Waals surface area contributed by atoms with E-state index in [1.807, 2.05) is 0 Å². The van der Waals surface area contributed by atoms with E-state index in [1.165, 1.54) is 43.1 Å². The van der Waals surface area contributed by atoms with E-state index >= 15 is 0 Å². The molecule has 1 aromatic heterocycles. The van der Waals surface area contributed by atoms with Crippen molar-refractivity contribution in [3.8, 4) is 17.1 Å². The number of nitrogens with zero attached hydrogens (tertiary/aromatic N) is 2. The first kappa shape index (κ1) is 18.7. The summed E-state index contributed by atoms with van der Waals surface area (Å²) < 4.78 is 2.35. The first-order valence-corrected chi connectivity index (χ1v) is 12.0. The molecular formula is C33H20N2. The summed E-state index contributed by atoms with van der Waals surface area (Å²) in [7, 11) is 0. The first-order chi connectivity index (χ1) is 17.4. The third-order valence-corrected chi connectivity index (χ3v) is 7.30. The van der Waals surface area contributed by atoms with Gasteiger partial charge in [0.25, 0.3) is 0 Å². The van der Waals surface area contributed by atoms with Gasteiger partial charge >= 0.3 is 0 Å². The number of aromatic nitrogens is 2. The topological polar surface area (TPSA) is 17.8 Å². The van der Waals surface area contributed by atoms with Crippen molar-refractivity contribution in [3.05, 3.63) is 121 Å². The molecule has 0 fully saturated rings. The van der Waals surface area contributed by atoms with E-state index in [2.05, 4.69) is 126 Å². The van der Waals surface area contributed by atoms with Crippen LogP contribution in [0.5, 0.6) is 0 Å². The number of hydrogen-bond acceptors (Lipinski definition) is 1. The van der Waals surface area contributed by atoms with E-state index < -0.39 is 0 Å². The minimum absolute atomic E-state index is 0.966. The molecule has 0 N–H and O–H groups in total. The van der Waals surface area contributed by atoms with Crippen LogP contribution >= 0.6 is 0 Å². The number of hydrogen-bond donors (Lipinski definition) is 0. The standard InChI is InChI=1S/C33H20N2/c1-2-12-26(13-3-1)35-32-28-15-7-11-23-18-17-22-10-6-14-27(29(22)30(23)28)31(32)34-33(35)25-19-16-21-8-4-5-9-24(21)20-25/h1-20H. The van der Waals surface area contributed by atoms with Gasteiger partial charge in [-0.25, -0.2) is 4.98 Å². The van der Waals surface area contributed by atoms with Crippen molar-refractivity contribution < 1.29 is 0 Å². The number of fused-ring (bicyclic) bond motifs is 4. The SMILES string of the molecule is c1ccc(-n2c(-c3ccc4ccccc4c3)nc3c4cccc5ccc6cccc(c6c54)c32)cc1. The van der Waals surface area contributed by atoms with Crippen molar-refractivity contribution in [2.75, 3.05) is 0 Å². The zero-order valence-electron chi connectivity index (χ0n) is 18.9. The summed E-state index contributed by atoms with van der Waals surface area (Å²) in [5, 5.41) is 10.0. The molecule has 0 bridgehead atoms. The Kier molecular flexibility index (Phi) is 3.69. The van der Waals surface area contributed by atoms with Crippen molar-refractivity contribution in [2.24, 2.45) is 0 Å². The van der Waals surface area contributed by atoms with Gasteiger partial charge in [-0.3, -0.25) is 4.57 Å². The normalized spacial score (nSPS) is 12.0. The van der Waals surface area contributed by atoms with E-state index in [9.17, 15) is 0 Å². The molecule has 8 rings (SSSR count). The van der Waals surface area contributed by atoms with Crippen LogP contribution in [-0.4, -0.2) is 9.55 Å². The molecule has 0 aliphatic heterocycles. The predicted molar refractivity (Wildman–Crippen MR) is 148 cm³/mol. The first-order valence-electron chi connectivity index (χ1n) is 12.0. The molecule has 0 saturated carbocycles. The maximum Gasteiger partial charge on any atom is 0.145 e. The zero-order chi connectivity index (χ0) is 22.9. The van der Waals surface area contributed by atoms with Crippen molar-refractivity contribution in [1.82, 2.24) is 9.55 Å². The smallest absolute Gasteiger partial charge is 0.145 e. The van der Waals surface area contributed by atoms with Crippen molar-refractivity contribution in [3.63, 3.8) is 0 Å². The minimum atomic E-state index is 0.966. The van der Waals surface area contributed by atoms with Gasteiger partial charge in [-0.2, -0.15) is 0 Å². The molecule has 0 amide bonds. The highest BCUT2D eigenvalue weighted by Gasteiger charge is 2.21. The second kappa shape index (κ2) is 6.91. The van der Waals surface area contributed by atoms with Crippen LogP contribution in [0.2, 0.25) is 0 Å². The molecule has 0 radical (unpaired) electrons. The molecule has 0 aliphatic carbocycles. The van der Waals surface area contributed by atoms with Crippen molar-refractivity contribution >= 4 is 54.1 Å². The Morgan fingerprint density at radius 2 is 1.11 bits per heavy atom. The van der Waals surface area contributed by atoms with Crippen molar-refractivity contribution in [1.29, 1.82) is 0 Å². The van der Waals surface area contributed by atoms with Crippen LogP contribution in [0, 0.1) is 0 Å². The fraction of sp³-hybridized carbons (Fsp3) is 0. The molecule has 7 aromatic carbocycles. The van der Waals surface area contributed by atoms with Gasteiger partial charge in [0.2, 0.25) is 0 Å². The lowest BCUT2D eigenvalue weighted by Gasteiger charge is -2.14. The van der Waals surface area contributed by atoms with Crippen LogP contribution in [-0.2, 0) is 0 Å². The van der Waals surface area contributed by atoms with Gasteiger partial charge in [0.05, 0.1) is 11.0 Å². The lowest BCUT2D eigenvalue weighted by Crippen LogP contribution is -1.98. The summed E-state index contributed by atoms with van der Waals surface area (Å²) in [5.41, 5.74) is 4.45. The molecular weight excluding hydrogens is 424 g/mol. The molecule has 1 heterocycles. The number of benzene rings is 7. The molecule has 0 unspecified atom stereocenters. The molecule has 35 heavy (non-hydrogen) atoms. The van der Waals surface area contributed by atoms with Crippen LogP contribution in [0.3, 0.4) is 0 Å². The third-order valence-electron chi connectivity index (χ3n) is 7.30. The monoisotopic (exact) mass is 444 g/mol. The van der Waals surface area contributed by atoms with E-state index in [1.54, 1.807) is 0 Å². The second-order valence-corrected chi connectivity index (χ2v) is 9.24. The Balaban J connectivity index is 1.62. The molecule has 8 aromatic rings. The van der Waals surface area contributed by atoms with Gasteiger partial charge in [0.15, 0.2) is 0 Å². The van der Waals surface area contributed by atoms with Gasteiger partial charge in [0.1, 0.15) is 5.82 Å². The Bertz CT molecular complexity index is 2050. The highest BCUT2D eigenvalue weighted by atomic mass is 15.1. The van der Waals surface area contributed by atoms with Gasteiger partial charge < -0.3 is 0 Å². The highest BCUT2D eigenvalue weighted by molar-refractivity contribution is 6.32. The van der Waals surface area contributed by atoms with Crippen LogP contribution in [0.4, 0.5) is 0 Å². The summed E-state index contributed by atoms with van der Waals surface area (Å²) in [6.45, 7) is 0. The molecule has 0 saturated heterocycles. The van der Waals surface area contributed by atoms with Crippen LogP contribution in [0.25, 0.3) is 71.2 Å². The lowest BCUT2D eigenvalue weighted by molar-refractivity contribution is 1.11. The van der Waals surface area contributed by atoms with Crippen LogP contribution < -0.4 is 0 Å². The lowest BCUT2D eigenvalue weighted by atomic mass is 9.93. The Labute approximate surface area is 202 Å². The third kappa shape index (κ3) is 2.57. The maximum atomic E-state index is 5.38. The summed E-state index contributed by atoms with van der Waals surface area (Å²) in [6.07, 6.45) is 0. The highest BCUT2D eigenvalue weighted by Crippen LogP contribution is 2.43. The Morgan fingerprint density at radius 1 is 0.486 bits per heavy atom. The Morgan fingerprint density at radius 3 is 1.91 bits per heavy atom. The number of imidazole rings is 1. The molecule has 2 heteroatoms. The summed E-state index contributed by atoms with van der Waals surface area (Å²) in [5.74, 6) is 0.966. The van der Waals surface area contributed by atoms with Gasteiger partial charge in [-0.15, -0.1) is 0 Å². The quantitative estimate of drug-likeness (QED) is 0.244. The van der Waals surface area contributed by atoms with Gasteiger partial charge in [-0.05, 0) is 50.5 Å². The van der Waals surface area contributed by atoms with Gasteiger partial charge in [-0.1, -0.05) is 103 Å². The molecule has 2 nitrogen and oxygen atoms in total. The fourth-order valence-corrected chi connectivity index (χ4v) is 5.76. The maximum absolute atomic E-state index is 5.38. The zero-order valence-corrected chi connectivity index (χ0v) is 18.9. The van der Waals surface area contributed by atoms with E-state index in [0.29, 0.717) is 0 Å². The summed E-state index contributed by atoms with van der Waals surface area (Å²) in [6, 6.07) is 43.5. The summed E-state index contributed by atoms with van der Waals surface area (Å²) in [4.78, 5) is 5.38. The predicted octanol–water partition coefficient (Wildman–Crippen LogP) is 8.74. The largest absolute Gasteiger partial charge is 0.292 e. The Hall–Kier alpha value is -4.69. The van der Waals surface area contributed by atoms with Crippen LogP contribution in [0.1, 0.15) is 0 Å². The van der Waals surface area contributed by atoms with E-state index in [0.717, 1.165) is 28.1 Å². The average Bonchev–Trinajstić information content (AvgIpc) is 3.34. The molecule has 0 atom stereocenters. The van der Waals surface area contributed by atoms with Crippen LogP contribution in [0.15, 0.2) is 121 Å². The second-order valence-electron chi connectivity index (χ2n) is 9.24. The molecule has 0 aliphatic rings. The average molecular weight is 445 g/mol. The van der Waals surface area contributed by atoms with E-state index in [-0.39, 0.29) is 0 Å². The minimum Gasteiger partial charge on any atom is -0.292 e. The fourth-order valence-electron chi connectivity index (χ4n) is 5.76. The van der Waals surface area contributed by atoms with Crippen molar-refractivity contribution in [2.45, 2.75) is 0 Å². The van der Waals surface area contributed by atoms with E-state index in [4.69, 9.17) is 4.98 Å². The summed E-state index contributed by atoms with van der Waals surface area (Å²) >= 11 is 0.